The molecule has 1 heterocycles. The fraction of sp³-hybridized carbons (Fsp3) is 0.143. The van der Waals surface area contributed by atoms with Crippen LogP contribution in [0.3, 0.4) is 0 Å². The van der Waals surface area contributed by atoms with Gasteiger partial charge in [-0.15, -0.1) is 0 Å². The number of hydrogen-bond donors (Lipinski definition) is 2. The van der Waals surface area contributed by atoms with Crippen molar-refractivity contribution in [3.63, 3.8) is 0 Å². The van der Waals surface area contributed by atoms with Crippen molar-refractivity contribution in [2.24, 2.45) is 7.05 Å². The molecular formula is C21H19N3O2. The molecule has 0 fully saturated rings. The van der Waals surface area contributed by atoms with Gasteiger partial charge in [-0.2, -0.15) is 15.0 Å². The fourth-order valence-electron chi connectivity index (χ4n) is 3.25. The molecule has 0 aliphatic rings. The Balaban J connectivity index is 1.79. The van der Waals surface area contributed by atoms with Crippen LogP contribution in [0.5, 0.6) is 0 Å². The van der Waals surface area contributed by atoms with Gasteiger partial charge in [-0.05, 0) is 46.9 Å². The average Bonchev–Trinajstić information content (AvgIpc) is 3.01. The Morgan fingerprint density at radius 2 is 1.54 bits per heavy atom. The van der Waals surface area contributed by atoms with Crippen molar-refractivity contribution in [1.82, 2.24) is 15.0 Å². The monoisotopic (exact) mass is 345 g/mol. The maximum atomic E-state index is 9.70. The minimum Gasteiger partial charge on any atom is -0.364 e. The van der Waals surface area contributed by atoms with Crippen LogP contribution in [0.4, 0.5) is 0 Å². The second-order valence-electron chi connectivity index (χ2n) is 6.39. The Hall–Kier alpha value is -3.02. The number of aryl methyl sites for hydroxylation is 2. The molecule has 0 amide bonds. The van der Waals surface area contributed by atoms with Gasteiger partial charge in [0.1, 0.15) is 11.0 Å². The molecule has 130 valence electrons. The number of hydrogen-bond acceptors (Lipinski definition) is 4. The topological polar surface area (TPSA) is 71.2 Å². The Morgan fingerprint density at radius 3 is 2.23 bits per heavy atom. The van der Waals surface area contributed by atoms with Gasteiger partial charge in [0.2, 0.25) is 0 Å². The van der Waals surface area contributed by atoms with Crippen LogP contribution in [0, 0.1) is 6.92 Å². The quantitative estimate of drug-likeness (QED) is 0.557. The molecule has 5 nitrogen and oxygen atoms in total. The van der Waals surface area contributed by atoms with Crippen molar-refractivity contribution < 1.29 is 10.2 Å². The van der Waals surface area contributed by atoms with Crippen LogP contribution in [0.15, 0.2) is 60.7 Å². The summed E-state index contributed by atoms with van der Waals surface area (Å²) in [5, 5.41) is 27.9. The van der Waals surface area contributed by atoms with Crippen LogP contribution >= 0.6 is 0 Å². The second kappa shape index (κ2) is 6.37. The molecule has 0 bridgehead atoms. The number of nitrogens with zero attached hydrogens (tertiary/aromatic N) is 3. The average molecular weight is 345 g/mol. The third-order valence-corrected chi connectivity index (χ3v) is 4.57. The molecule has 0 atom stereocenters. The van der Waals surface area contributed by atoms with E-state index in [1.807, 2.05) is 30.3 Å². The van der Waals surface area contributed by atoms with E-state index in [-0.39, 0.29) is 0 Å². The minimum absolute atomic E-state index is 0.355. The normalized spacial score (nSPS) is 11.4. The summed E-state index contributed by atoms with van der Waals surface area (Å²) in [6.07, 6.45) is -1.60. The van der Waals surface area contributed by atoms with E-state index in [2.05, 4.69) is 41.4 Å². The first-order valence-corrected chi connectivity index (χ1v) is 8.40. The van der Waals surface area contributed by atoms with Gasteiger partial charge in [0.15, 0.2) is 6.29 Å². The SMILES string of the molecule is Cc1ccccc1-c1ccc(-c2cc(C(O)O)c3nn(C)nc3c2)cc1. The van der Waals surface area contributed by atoms with Gasteiger partial charge in [-0.3, -0.25) is 0 Å². The van der Waals surface area contributed by atoms with E-state index in [1.165, 1.54) is 15.9 Å². The molecule has 0 radical (unpaired) electrons. The summed E-state index contributed by atoms with van der Waals surface area (Å²) < 4.78 is 0. The molecule has 4 rings (SSSR count). The third kappa shape index (κ3) is 2.87. The van der Waals surface area contributed by atoms with E-state index in [1.54, 1.807) is 13.1 Å². The van der Waals surface area contributed by atoms with Crippen LogP contribution in [-0.4, -0.2) is 25.2 Å². The lowest BCUT2D eigenvalue weighted by molar-refractivity contribution is -0.0414. The lowest BCUT2D eigenvalue weighted by atomic mass is 9.96. The molecule has 4 aromatic rings. The largest absolute Gasteiger partial charge is 0.364 e. The molecule has 0 saturated carbocycles. The van der Waals surface area contributed by atoms with Crippen LogP contribution in [0.2, 0.25) is 0 Å². The van der Waals surface area contributed by atoms with Crippen molar-refractivity contribution in [3.05, 3.63) is 71.8 Å². The second-order valence-corrected chi connectivity index (χ2v) is 6.39. The van der Waals surface area contributed by atoms with Crippen LogP contribution in [0.25, 0.3) is 33.3 Å². The molecule has 0 aliphatic carbocycles. The lowest BCUT2D eigenvalue weighted by Gasteiger charge is -2.10. The molecule has 0 aliphatic heterocycles. The Labute approximate surface area is 151 Å². The number of aliphatic hydroxyl groups is 2. The molecule has 26 heavy (non-hydrogen) atoms. The van der Waals surface area contributed by atoms with Crippen LogP contribution < -0.4 is 0 Å². The maximum Gasteiger partial charge on any atom is 0.180 e. The molecule has 0 spiro atoms. The van der Waals surface area contributed by atoms with E-state index in [4.69, 9.17) is 0 Å². The van der Waals surface area contributed by atoms with Crippen molar-refractivity contribution in [3.8, 4) is 22.3 Å². The maximum absolute atomic E-state index is 9.70. The molecular weight excluding hydrogens is 326 g/mol. The highest BCUT2D eigenvalue weighted by Gasteiger charge is 2.15. The Kier molecular flexibility index (Phi) is 4.03. The number of aliphatic hydroxyl groups excluding tert-OH is 1. The minimum atomic E-state index is -1.60. The van der Waals surface area contributed by atoms with Gasteiger partial charge in [0.05, 0.1) is 0 Å². The first-order valence-electron chi connectivity index (χ1n) is 8.40. The van der Waals surface area contributed by atoms with E-state index < -0.39 is 6.29 Å². The number of rotatable bonds is 3. The zero-order chi connectivity index (χ0) is 18.3. The molecule has 2 N–H and O–H groups in total. The highest BCUT2D eigenvalue weighted by Crippen LogP contribution is 2.31. The number of benzene rings is 3. The summed E-state index contributed by atoms with van der Waals surface area (Å²) in [5.74, 6) is 0. The lowest BCUT2D eigenvalue weighted by Crippen LogP contribution is -1.97. The Morgan fingerprint density at radius 1 is 0.846 bits per heavy atom. The van der Waals surface area contributed by atoms with E-state index >= 15 is 0 Å². The van der Waals surface area contributed by atoms with Crippen molar-refractivity contribution in [2.45, 2.75) is 13.2 Å². The summed E-state index contributed by atoms with van der Waals surface area (Å²) in [7, 11) is 1.71. The predicted octanol–water partition coefficient (Wildman–Crippen LogP) is 3.59. The first-order chi connectivity index (χ1) is 12.5. The Bertz CT molecular complexity index is 1080. The van der Waals surface area contributed by atoms with E-state index in [0.717, 1.165) is 16.7 Å². The fourth-order valence-corrected chi connectivity index (χ4v) is 3.25. The molecule has 0 saturated heterocycles. The summed E-state index contributed by atoms with van der Waals surface area (Å²) in [6, 6.07) is 20.2. The molecule has 3 aromatic carbocycles. The number of fused-ring (bicyclic) bond motifs is 1. The standard InChI is InChI=1S/C21H19N3O2/c1-13-5-3-4-6-17(13)15-9-7-14(8-10-15)16-11-18(21(25)26)20-19(12-16)22-24(2)23-20/h3-12,21,25-26H,1-2H3. The highest BCUT2D eigenvalue weighted by molar-refractivity contribution is 5.85. The van der Waals surface area contributed by atoms with Gasteiger partial charge in [0.25, 0.3) is 0 Å². The van der Waals surface area contributed by atoms with Gasteiger partial charge >= 0.3 is 0 Å². The third-order valence-electron chi connectivity index (χ3n) is 4.57. The molecule has 5 heteroatoms. The van der Waals surface area contributed by atoms with Gasteiger partial charge < -0.3 is 10.2 Å². The van der Waals surface area contributed by atoms with Crippen LogP contribution in [-0.2, 0) is 7.05 Å². The predicted molar refractivity (Wildman–Crippen MR) is 101 cm³/mol. The smallest absolute Gasteiger partial charge is 0.180 e. The van der Waals surface area contributed by atoms with Gasteiger partial charge in [-0.25, -0.2) is 0 Å². The van der Waals surface area contributed by atoms with E-state index in [0.29, 0.717) is 16.6 Å². The zero-order valence-electron chi connectivity index (χ0n) is 14.6. The highest BCUT2D eigenvalue weighted by atomic mass is 16.5. The zero-order valence-corrected chi connectivity index (χ0v) is 14.6. The summed E-state index contributed by atoms with van der Waals surface area (Å²) in [4.78, 5) is 1.43. The summed E-state index contributed by atoms with van der Waals surface area (Å²) in [5.41, 5.74) is 6.93. The van der Waals surface area contributed by atoms with Crippen molar-refractivity contribution in [2.75, 3.05) is 0 Å². The molecule has 1 aromatic heterocycles. The van der Waals surface area contributed by atoms with Gasteiger partial charge in [-0.1, -0.05) is 48.5 Å². The van der Waals surface area contributed by atoms with Gasteiger partial charge in [0, 0.05) is 12.6 Å². The summed E-state index contributed by atoms with van der Waals surface area (Å²) >= 11 is 0. The first kappa shape index (κ1) is 16.4. The molecule has 0 unspecified atom stereocenters. The van der Waals surface area contributed by atoms with Crippen LogP contribution in [0.1, 0.15) is 17.4 Å². The van der Waals surface area contributed by atoms with E-state index in [9.17, 15) is 10.2 Å². The van der Waals surface area contributed by atoms with Crippen molar-refractivity contribution in [1.29, 1.82) is 0 Å². The number of aromatic nitrogens is 3. The van der Waals surface area contributed by atoms with Crippen molar-refractivity contribution >= 4 is 11.0 Å². The summed E-state index contributed by atoms with van der Waals surface area (Å²) in [6.45, 7) is 2.10.